The van der Waals surface area contributed by atoms with Gasteiger partial charge in [-0.25, -0.2) is 14.4 Å². The summed E-state index contributed by atoms with van der Waals surface area (Å²) >= 11 is 0. The van der Waals surface area contributed by atoms with Crippen molar-refractivity contribution in [1.82, 2.24) is 9.97 Å². The maximum atomic E-state index is 13.7. The average Bonchev–Trinajstić information content (AvgIpc) is 2.65. The van der Waals surface area contributed by atoms with Gasteiger partial charge in [-0.05, 0) is 50.5 Å². The molecule has 28 heavy (non-hydrogen) atoms. The molecule has 0 unspecified atom stereocenters. The third kappa shape index (κ3) is 4.91. The number of hydrogen-bond acceptors (Lipinski definition) is 4. The molecule has 2 N–H and O–H groups in total. The lowest BCUT2D eigenvalue weighted by Crippen LogP contribution is -2.17. The predicted octanol–water partition coefficient (Wildman–Crippen LogP) is 4.45. The number of halogens is 1. The third-order valence-electron chi connectivity index (χ3n) is 4.36. The first-order valence-electron chi connectivity index (χ1n) is 9.14. The molecule has 0 spiro atoms. The molecule has 2 aromatic carbocycles. The van der Waals surface area contributed by atoms with Gasteiger partial charge in [-0.15, -0.1) is 0 Å². The molecule has 0 aliphatic carbocycles. The number of rotatable bonds is 6. The van der Waals surface area contributed by atoms with Crippen molar-refractivity contribution in [2.45, 2.75) is 27.2 Å². The Kier molecular flexibility index (Phi) is 5.99. The number of benzene rings is 2. The van der Waals surface area contributed by atoms with Crippen LogP contribution in [0, 0.1) is 26.6 Å². The topological polar surface area (TPSA) is 66.9 Å². The summed E-state index contributed by atoms with van der Waals surface area (Å²) in [5.74, 6) is 0.502. The molecule has 0 radical (unpaired) electrons. The van der Waals surface area contributed by atoms with E-state index in [1.807, 2.05) is 38.1 Å². The molecule has 3 aromatic rings. The standard InChI is InChI=1S/C22H23FN4O/c1-14-8-9-19(15(2)12-14)27-22(28)20-13-21(26-16(3)25-20)24-11-10-17-6-4-5-7-18(17)23/h4-9,12-13H,10-11H2,1-3H3,(H,27,28)(H,24,25,26). The third-order valence-corrected chi connectivity index (χ3v) is 4.36. The molecule has 3 rings (SSSR count). The molecule has 0 fully saturated rings. The first-order chi connectivity index (χ1) is 13.4. The number of anilines is 2. The second kappa shape index (κ2) is 8.61. The Balaban J connectivity index is 1.68. The van der Waals surface area contributed by atoms with E-state index in [1.54, 1.807) is 25.1 Å². The lowest BCUT2D eigenvalue weighted by atomic mass is 10.1. The maximum absolute atomic E-state index is 13.7. The SMILES string of the molecule is Cc1ccc(NC(=O)c2cc(NCCc3ccccc3F)nc(C)n2)c(C)c1. The molecule has 0 aliphatic rings. The minimum absolute atomic E-state index is 0.225. The van der Waals surface area contributed by atoms with Crippen molar-refractivity contribution >= 4 is 17.4 Å². The summed E-state index contributed by atoms with van der Waals surface area (Å²) in [6.45, 7) is 6.18. The van der Waals surface area contributed by atoms with Crippen molar-refractivity contribution in [3.8, 4) is 0 Å². The summed E-state index contributed by atoms with van der Waals surface area (Å²) in [4.78, 5) is 21.2. The first kappa shape index (κ1) is 19.5. The second-order valence-corrected chi connectivity index (χ2v) is 6.73. The van der Waals surface area contributed by atoms with Gasteiger partial charge in [0.15, 0.2) is 0 Å². The van der Waals surface area contributed by atoms with Crippen LogP contribution in [-0.4, -0.2) is 22.4 Å². The van der Waals surface area contributed by atoms with E-state index in [4.69, 9.17) is 0 Å². The van der Waals surface area contributed by atoms with Gasteiger partial charge in [0.05, 0.1) is 0 Å². The van der Waals surface area contributed by atoms with Crippen molar-refractivity contribution in [3.05, 3.63) is 82.6 Å². The van der Waals surface area contributed by atoms with Crippen molar-refractivity contribution < 1.29 is 9.18 Å². The molecule has 1 amide bonds. The minimum atomic E-state index is -0.297. The zero-order valence-corrected chi connectivity index (χ0v) is 16.2. The number of nitrogens with one attached hydrogen (secondary N) is 2. The lowest BCUT2D eigenvalue weighted by molar-refractivity contribution is 0.102. The van der Waals surface area contributed by atoms with Crippen LogP contribution in [0.3, 0.4) is 0 Å². The van der Waals surface area contributed by atoms with Crippen molar-refractivity contribution in [2.75, 3.05) is 17.2 Å². The van der Waals surface area contributed by atoms with Gasteiger partial charge in [0, 0.05) is 18.3 Å². The molecular formula is C22H23FN4O. The summed E-state index contributed by atoms with van der Waals surface area (Å²) in [6, 6.07) is 14.1. The molecule has 1 aromatic heterocycles. The van der Waals surface area contributed by atoms with E-state index in [0.717, 1.165) is 16.8 Å². The van der Waals surface area contributed by atoms with Crippen molar-refractivity contribution in [2.24, 2.45) is 0 Å². The zero-order chi connectivity index (χ0) is 20.1. The van der Waals surface area contributed by atoms with E-state index >= 15 is 0 Å². The fraction of sp³-hybridized carbons (Fsp3) is 0.227. The normalized spacial score (nSPS) is 10.6. The average molecular weight is 378 g/mol. The Labute approximate surface area is 164 Å². The zero-order valence-electron chi connectivity index (χ0n) is 16.2. The van der Waals surface area contributed by atoms with Crippen molar-refractivity contribution in [1.29, 1.82) is 0 Å². The van der Waals surface area contributed by atoms with Gasteiger partial charge in [-0.2, -0.15) is 0 Å². The summed E-state index contributed by atoms with van der Waals surface area (Å²) in [6.07, 6.45) is 0.514. The molecule has 0 bridgehead atoms. The summed E-state index contributed by atoms with van der Waals surface area (Å²) in [5, 5.41) is 6.03. The van der Waals surface area contributed by atoms with Crippen LogP contribution >= 0.6 is 0 Å². The van der Waals surface area contributed by atoms with Gasteiger partial charge >= 0.3 is 0 Å². The smallest absolute Gasteiger partial charge is 0.274 e. The van der Waals surface area contributed by atoms with E-state index in [-0.39, 0.29) is 17.4 Å². The Morgan fingerprint density at radius 3 is 2.57 bits per heavy atom. The quantitative estimate of drug-likeness (QED) is 0.665. The highest BCUT2D eigenvalue weighted by atomic mass is 19.1. The van der Waals surface area contributed by atoms with Gasteiger partial charge in [0.2, 0.25) is 0 Å². The Morgan fingerprint density at radius 1 is 1.04 bits per heavy atom. The maximum Gasteiger partial charge on any atom is 0.274 e. The lowest BCUT2D eigenvalue weighted by Gasteiger charge is -2.11. The van der Waals surface area contributed by atoms with Gasteiger partial charge < -0.3 is 10.6 Å². The highest BCUT2D eigenvalue weighted by Crippen LogP contribution is 2.17. The van der Waals surface area contributed by atoms with Crippen molar-refractivity contribution in [3.63, 3.8) is 0 Å². The van der Waals surface area contributed by atoms with Crippen LogP contribution in [0.1, 0.15) is 33.0 Å². The van der Waals surface area contributed by atoms with Crippen LogP contribution in [0.4, 0.5) is 15.9 Å². The van der Waals surface area contributed by atoms with E-state index in [1.165, 1.54) is 6.07 Å². The van der Waals surface area contributed by atoms with Crippen LogP contribution < -0.4 is 10.6 Å². The number of amides is 1. The molecule has 0 atom stereocenters. The fourth-order valence-corrected chi connectivity index (χ4v) is 2.94. The number of aromatic nitrogens is 2. The highest BCUT2D eigenvalue weighted by molar-refractivity contribution is 6.03. The Bertz CT molecular complexity index is 1000. The first-order valence-corrected chi connectivity index (χ1v) is 9.14. The molecule has 0 aliphatic heterocycles. The number of hydrogen-bond donors (Lipinski definition) is 2. The van der Waals surface area contributed by atoms with Gasteiger partial charge in [0.25, 0.3) is 5.91 Å². The van der Waals surface area contributed by atoms with E-state index in [2.05, 4.69) is 20.6 Å². The van der Waals surface area contributed by atoms with Crippen LogP contribution in [-0.2, 0) is 6.42 Å². The molecule has 1 heterocycles. The van der Waals surface area contributed by atoms with E-state index in [9.17, 15) is 9.18 Å². The minimum Gasteiger partial charge on any atom is -0.370 e. The number of nitrogens with zero attached hydrogens (tertiary/aromatic N) is 2. The van der Waals surface area contributed by atoms with Crippen LogP contribution in [0.25, 0.3) is 0 Å². The van der Waals surface area contributed by atoms with Gasteiger partial charge in [-0.1, -0.05) is 35.9 Å². The summed E-state index contributed by atoms with van der Waals surface area (Å²) in [5.41, 5.74) is 3.78. The summed E-state index contributed by atoms with van der Waals surface area (Å²) in [7, 11) is 0. The van der Waals surface area contributed by atoms with Crippen LogP contribution in [0.2, 0.25) is 0 Å². The molecule has 0 saturated heterocycles. The van der Waals surface area contributed by atoms with Gasteiger partial charge in [0.1, 0.15) is 23.2 Å². The van der Waals surface area contributed by atoms with E-state index < -0.39 is 0 Å². The molecule has 0 saturated carbocycles. The van der Waals surface area contributed by atoms with Gasteiger partial charge in [-0.3, -0.25) is 4.79 Å². The summed E-state index contributed by atoms with van der Waals surface area (Å²) < 4.78 is 13.7. The van der Waals surface area contributed by atoms with E-state index in [0.29, 0.717) is 30.2 Å². The Hall–Kier alpha value is -3.28. The predicted molar refractivity (Wildman–Crippen MR) is 109 cm³/mol. The Morgan fingerprint density at radius 2 is 1.82 bits per heavy atom. The number of carbonyl (C=O) groups excluding carboxylic acids is 1. The molecule has 5 nitrogen and oxygen atoms in total. The molecular weight excluding hydrogens is 355 g/mol. The second-order valence-electron chi connectivity index (χ2n) is 6.73. The highest BCUT2D eigenvalue weighted by Gasteiger charge is 2.12. The monoisotopic (exact) mass is 378 g/mol. The van der Waals surface area contributed by atoms with Crippen LogP contribution in [0.15, 0.2) is 48.5 Å². The largest absolute Gasteiger partial charge is 0.370 e. The van der Waals surface area contributed by atoms with Crippen LogP contribution in [0.5, 0.6) is 0 Å². The number of carbonyl (C=O) groups is 1. The fourth-order valence-electron chi connectivity index (χ4n) is 2.94. The molecule has 144 valence electrons. The molecule has 6 heteroatoms. The number of aryl methyl sites for hydroxylation is 3.